The van der Waals surface area contributed by atoms with Gasteiger partial charge < -0.3 is 19.6 Å². The SMILES string of the molecule is Cc1nc(-c2nccn2CC2(O)CCNC2)n(C)c1C. The van der Waals surface area contributed by atoms with Crippen molar-refractivity contribution in [2.45, 2.75) is 32.4 Å². The van der Waals surface area contributed by atoms with E-state index in [0.717, 1.165) is 36.0 Å². The van der Waals surface area contributed by atoms with Gasteiger partial charge in [-0.3, -0.25) is 0 Å². The highest BCUT2D eigenvalue weighted by atomic mass is 16.3. The topological polar surface area (TPSA) is 67.9 Å². The van der Waals surface area contributed by atoms with Gasteiger partial charge in [-0.25, -0.2) is 9.97 Å². The van der Waals surface area contributed by atoms with E-state index in [4.69, 9.17) is 0 Å². The Morgan fingerprint density at radius 1 is 1.40 bits per heavy atom. The van der Waals surface area contributed by atoms with Crippen molar-refractivity contribution in [3.8, 4) is 11.6 Å². The number of aryl methyl sites for hydroxylation is 1. The smallest absolute Gasteiger partial charge is 0.176 e. The zero-order valence-corrected chi connectivity index (χ0v) is 12.2. The number of hydrogen-bond acceptors (Lipinski definition) is 4. The van der Waals surface area contributed by atoms with Crippen molar-refractivity contribution in [2.75, 3.05) is 13.1 Å². The summed E-state index contributed by atoms with van der Waals surface area (Å²) in [6.07, 6.45) is 4.44. The predicted molar refractivity (Wildman–Crippen MR) is 76.3 cm³/mol. The molecule has 2 aromatic rings. The molecule has 1 unspecified atom stereocenters. The molecule has 0 aliphatic carbocycles. The fourth-order valence-corrected chi connectivity index (χ4v) is 2.74. The van der Waals surface area contributed by atoms with Crippen LogP contribution in [0, 0.1) is 13.8 Å². The van der Waals surface area contributed by atoms with Crippen LogP contribution in [-0.2, 0) is 13.6 Å². The average Bonchev–Trinajstić information content (AvgIpc) is 3.08. The van der Waals surface area contributed by atoms with Crippen LogP contribution in [0.1, 0.15) is 17.8 Å². The van der Waals surface area contributed by atoms with E-state index in [-0.39, 0.29) is 0 Å². The van der Waals surface area contributed by atoms with Crippen LogP contribution < -0.4 is 5.32 Å². The number of nitrogens with one attached hydrogen (secondary N) is 1. The lowest BCUT2D eigenvalue weighted by atomic mass is 10.0. The summed E-state index contributed by atoms with van der Waals surface area (Å²) in [6, 6.07) is 0. The third kappa shape index (κ3) is 2.14. The van der Waals surface area contributed by atoms with Gasteiger partial charge in [-0.1, -0.05) is 0 Å². The quantitative estimate of drug-likeness (QED) is 0.862. The Morgan fingerprint density at radius 2 is 2.20 bits per heavy atom. The first kappa shape index (κ1) is 13.3. The second-order valence-electron chi connectivity index (χ2n) is 5.70. The molecule has 20 heavy (non-hydrogen) atoms. The highest BCUT2D eigenvalue weighted by molar-refractivity contribution is 5.47. The summed E-state index contributed by atoms with van der Waals surface area (Å²) in [6.45, 7) is 6.08. The molecule has 1 aliphatic heterocycles. The largest absolute Gasteiger partial charge is 0.387 e. The van der Waals surface area contributed by atoms with Crippen molar-refractivity contribution in [3.63, 3.8) is 0 Å². The monoisotopic (exact) mass is 275 g/mol. The molecule has 1 aliphatic rings. The number of aromatic nitrogens is 4. The summed E-state index contributed by atoms with van der Waals surface area (Å²) in [4.78, 5) is 9.02. The minimum Gasteiger partial charge on any atom is -0.387 e. The molecule has 3 heterocycles. The van der Waals surface area contributed by atoms with Crippen LogP contribution in [0.2, 0.25) is 0 Å². The predicted octanol–water partition coefficient (Wildman–Crippen LogP) is 0.625. The number of imidazole rings is 2. The van der Waals surface area contributed by atoms with E-state index in [2.05, 4.69) is 15.3 Å². The van der Waals surface area contributed by atoms with E-state index in [9.17, 15) is 5.11 Å². The summed E-state index contributed by atoms with van der Waals surface area (Å²) < 4.78 is 4.04. The summed E-state index contributed by atoms with van der Waals surface area (Å²) in [7, 11) is 2.00. The molecule has 0 saturated carbocycles. The van der Waals surface area contributed by atoms with Crippen molar-refractivity contribution in [1.29, 1.82) is 0 Å². The number of nitrogens with zero attached hydrogens (tertiary/aromatic N) is 4. The maximum atomic E-state index is 10.5. The molecule has 0 aromatic carbocycles. The average molecular weight is 275 g/mol. The summed E-state index contributed by atoms with van der Waals surface area (Å²) in [5.74, 6) is 1.66. The Morgan fingerprint density at radius 3 is 2.80 bits per heavy atom. The van der Waals surface area contributed by atoms with Crippen LogP contribution in [0.15, 0.2) is 12.4 Å². The van der Waals surface area contributed by atoms with Crippen LogP contribution >= 0.6 is 0 Å². The highest BCUT2D eigenvalue weighted by Gasteiger charge is 2.32. The molecule has 0 spiro atoms. The minimum atomic E-state index is -0.690. The summed E-state index contributed by atoms with van der Waals surface area (Å²) in [5, 5.41) is 13.7. The standard InChI is InChI=1S/C14H21N5O/c1-10-11(2)18(3)13(17-10)12-16-6-7-19(12)9-14(20)4-5-15-8-14/h6-7,15,20H,4-5,8-9H2,1-3H3. The minimum absolute atomic E-state index is 0.542. The first-order valence-corrected chi connectivity index (χ1v) is 6.95. The maximum absolute atomic E-state index is 10.5. The second-order valence-corrected chi connectivity index (χ2v) is 5.70. The zero-order chi connectivity index (χ0) is 14.3. The van der Waals surface area contributed by atoms with Gasteiger partial charge in [0.05, 0.1) is 17.8 Å². The van der Waals surface area contributed by atoms with Crippen LogP contribution in [0.4, 0.5) is 0 Å². The lowest BCUT2D eigenvalue weighted by Gasteiger charge is -2.22. The summed E-state index contributed by atoms with van der Waals surface area (Å²) >= 11 is 0. The van der Waals surface area contributed by atoms with E-state index >= 15 is 0 Å². The Balaban J connectivity index is 1.95. The van der Waals surface area contributed by atoms with Gasteiger partial charge in [0.15, 0.2) is 11.6 Å². The van der Waals surface area contributed by atoms with Crippen LogP contribution in [-0.4, -0.2) is 42.9 Å². The molecular formula is C14H21N5O. The third-order valence-corrected chi connectivity index (χ3v) is 4.22. The van der Waals surface area contributed by atoms with Crippen LogP contribution in [0.25, 0.3) is 11.6 Å². The molecule has 108 valence electrons. The van der Waals surface area contributed by atoms with Gasteiger partial charge in [-0.2, -0.15) is 0 Å². The van der Waals surface area contributed by atoms with E-state index < -0.39 is 5.60 Å². The van der Waals surface area contributed by atoms with Gasteiger partial charge in [-0.05, 0) is 26.8 Å². The Hall–Kier alpha value is -1.66. The zero-order valence-electron chi connectivity index (χ0n) is 12.2. The van der Waals surface area contributed by atoms with E-state index in [0.29, 0.717) is 13.1 Å². The maximum Gasteiger partial charge on any atom is 0.176 e. The van der Waals surface area contributed by atoms with Crippen molar-refractivity contribution in [2.24, 2.45) is 7.05 Å². The second kappa shape index (κ2) is 4.71. The first-order chi connectivity index (χ1) is 9.50. The molecule has 0 amide bonds. The number of β-amino-alcohol motifs (C(OH)–C–C–N with tert-alkyl or cyclic N) is 1. The molecular weight excluding hydrogens is 254 g/mol. The molecule has 6 nitrogen and oxygen atoms in total. The number of hydrogen-bond donors (Lipinski definition) is 2. The van der Waals surface area contributed by atoms with Gasteiger partial charge in [0.2, 0.25) is 0 Å². The highest BCUT2D eigenvalue weighted by Crippen LogP contribution is 2.23. The van der Waals surface area contributed by atoms with Gasteiger partial charge in [0.1, 0.15) is 0 Å². The number of aliphatic hydroxyl groups is 1. The molecule has 1 fully saturated rings. The van der Waals surface area contributed by atoms with Crippen molar-refractivity contribution >= 4 is 0 Å². The fourth-order valence-electron chi connectivity index (χ4n) is 2.74. The molecule has 3 rings (SSSR count). The van der Waals surface area contributed by atoms with Gasteiger partial charge >= 0.3 is 0 Å². The first-order valence-electron chi connectivity index (χ1n) is 6.95. The molecule has 6 heteroatoms. The Bertz CT molecular complexity index is 622. The van der Waals surface area contributed by atoms with Crippen molar-refractivity contribution < 1.29 is 5.11 Å². The fraction of sp³-hybridized carbons (Fsp3) is 0.571. The van der Waals surface area contributed by atoms with Crippen molar-refractivity contribution in [1.82, 2.24) is 24.4 Å². The van der Waals surface area contributed by atoms with Crippen LogP contribution in [0.3, 0.4) is 0 Å². The molecule has 1 saturated heterocycles. The van der Waals surface area contributed by atoms with Gasteiger partial charge in [0, 0.05) is 31.7 Å². The normalized spacial score (nSPS) is 22.6. The molecule has 0 radical (unpaired) electrons. The van der Waals surface area contributed by atoms with E-state index in [1.807, 2.05) is 36.2 Å². The van der Waals surface area contributed by atoms with Gasteiger partial charge in [-0.15, -0.1) is 0 Å². The number of rotatable bonds is 3. The Labute approximate surface area is 118 Å². The third-order valence-electron chi connectivity index (χ3n) is 4.22. The van der Waals surface area contributed by atoms with Crippen molar-refractivity contribution in [3.05, 3.63) is 23.8 Å². The molecule has 1 atom stereocenters. The van der Waals surface area contributed by atoms with Gasteiger partial charge in [0.25, 0.3) is 0 Å². The molecule has 0 bridgehead atoms. The molecule has 2 aromatic heterocycles. The van der Waals surface area contributed by atoms with Crippen LogP contribution in [0.5, 0.6) is 0 Å². The van der Waals surface area contributed by atoms with E-state index in [1.165, 1.54) is 0 Å². The van der Waals surface area contributed by atoms with E-state index in [1.54, 1.807) is 6.20 Å². The lowest BCUT2D eigenvalue weighted by molar-refractivity contribution is 0.0436. The summed E-state index contributed by atoms with van der Waals surface area (Å²) in [5.41, 5.74) is 1.46. The Kier molecular flexibility index (Phi) is 3.14. The lowest BCUT2D eigenvalue weighted by Crippen LogP contribution is -2.36. The molecule has 2 N–H and O–H groups in total.